The second kappa shape index (κ2) is 24.5. The molecule has 1 aliphatic rings. The Balaban J connectivity index is 2.45. The van der Waals surface area contributed by atoms with Gasteiger partial charge in [0, 0.05) is 13.0 Å². The number of rotatable bonds is 27. The van der Waals surface area contributed by atoms with Gasteiger partial charge in [0.1, 0.15) is 24.4 Å². The fourth-order valence-corrected chi connectivity index (χ4v) is 5.14. The molecule has 6 N–H and O–H groups in total. The van der Waals surface area contributed by atoms with Crippen molar-refractivity contribution in [2.24, 2.45) is 5.41 Å². The van der Waals surface area contributed by atoms with Crippen molar-refractivity contribution in [2.75, 3.05) is 39.6 Å². The van der Waals surface area contributed by atoms with Crippen molar-refractivity contribution in [1.82, 2.24) is 5.32 Å². The van der Waals surface area contributed by atoms with Crippen molar-refractivity contribution in [3.63, 3.8) is 0 Å². The van der Waals surface area contributed by atoms with Gasteiger partial charge in [0.2, 0.25) is 5.91 Å². The minimum atomic E-state index is -1.35. The Bertz CT molecular complexity index is 641. The van der Waals surface area contributed by atoms with E-state index in [4.69, 9.17) is 14.2 Å². The van der Waals surface area contributed by atoms with E-state index in [1.807, 2.05) is 6.92 Å². The largest absolute Gasteiger partial charge is 0.396 e. The zero-order chi connectivity index (χ0) is 31.1. The highest BCUT2D eigenvalue weighted by molar-refractivity contribution is 5.76. The van der Waals surface area contributed by atoms with Crippen molar-refractivity contribution < 1.29 is 44.5 Å². The molecule has 0 aromatic heterocycles. The molecule has 1 saturated heterocycles. The van der Waals surface area contributed by atoms with Gasteiger partial charge in [-0.25, -0.2) is 0 Å². The molecule has 0 bridgehead atoms. The van der Waals surface area contributed by atoms with E-state index in [0.717, 1.165) is 25.7 Å². The number of carbonyl (C=O) groups is 1. The lowest BCUT2D eigenvalue weighted by Crippen LogP contribution is -2.65. The normalized spacial score (nSPS) is 22.9. The standard InChI is InChI=1S/C32H63NO9/c1-3-5-7-8-9-10-11-12-13-14-15-16-17-18-20-41-31-28(33-27(37)19-6-4-2)30(39)29(38)26(42-31)21-40-25-32(22-34,23-35)24-36/h26,28-31,34-36,38-39H,3-25H2,1-2H3,(H,33,37)/t26-,28-,29-,30-,31+/m1/s1. The summed E-state index contributed by atoms with van der Waals surface area (Å²) in [5.41, 5.74) is -1.22. The lowest BCUT2D eigenvalue weighted by atomic mass is 9.92. The minimum absolute atomic E-state index is 0.158. The molecule has 0 aromatic rings. The quantitative estimate of drug-likeness (QED) is 0.0770. The Hall–Kier alpha value is -0.850. The molecular weight excluding hydrogens is 542 g/mol. The van der Waals surface area contributed by atoms with Gasteiger partial charge in [-0.1, -0.05) is 104 Å². The fraction of sp³-hybridized carbons (Fsp3) is 0.969. The molecule has 0 aromatic carbocycles. The number of unbranched alkanes of at least 4 members (excludes halogenated alkanes) is 14. The highest BCUT2D eigenvalue weighted by Gasteiger charge is 2.46. The Labute approximate surface area is 254 Å². The molecule has 0 aliphatic carbocycles. The Morgan fingerprint density at radius 2 is 1.24 bits per heavy atom. The summed E-state index contributed by atoms with van der Waals surface area (Å²) in [5.74, 6) is -0.241. The number of hydrogen-bond acceptors (Lipinski definition) is 9. The third-order valence-corrected chi connectivity index (χ3v) is 8.26. The van der Waals surface area contributed by atoms with Crippen LogP contribution in [0.15, 0.2) is 0 Å². The number of ether oxygens (including phenoxy) is 3. The van der Waals surface area contributed by atoms with Crippen LogP contribution < -0.4 is 5.32 Å². The van der Waals surface area contributed by atoms with E-state index >= 15 is 0 Å². The van der Waals surface area contributed by atoms with Crippen LogP contribution in [-0.4, -0.2) is 102 Å². The molecule has 0 spiro atoms. The molecule has 1 rings (SSSR count). The Morgan fingerprint density at radius 3 is 1.74 bits per heavy atom. The first-order chi connectivity index (χ1) is 20.4. The van der Waals surface area contributed by atoms with Gasteiger partial charge in [0.25, 0.3) is 0 Å². The average Bonchev–Trinajstić information content (AvgIpc) is 3.00. The van der Waals surface area contributed by atoms with E-state index in [-0.39, 0.29) is 19.1 Å². The van der Waals surface area contributed by atoms with Gasteiger partial charge >= 0.3 is 0 Å². The van der Waals surface area contributed by atoms with Crippen LogP contribution in [0.2, 0.25) is 0 Å². The average molecular weight is 606 g/mol. The van der Waals surface area contributed by atoms with Gasteiger partial charge < -0.3 is 45.1 Å². The molecule has 0 saturated carbocycles. The lowest BCUT2D eigenvalue weighted by molar-refractivity contribution is -0.274. The topological polar surface area (TPSA) is 158 Å². The second-order valence-electron chi connectivity index (χ2n) is 12.2. The fourth-order valence-electron chi connectivity index (χ4n) is 5.14. The second-order valence-corrected chi connectivity index (χ2v) is 12.2. The van der Waals surface area contributed by atoms with E-state index in [1.54, 1.807) is 0 Å². The molecule has 10 nitrogen and oxygen atoms in total. The van der Waals surface area contributed by atoms with Crippen LogP contribution in [0.25, 0.3) is 0 Å². The van der Waals surface area contributed by atoms with Crippen molar-refractivity contribution >= 4 is 5.91 Å². The third-order valence-electron chi connectivity index (χ3n) is 8.26. The summed E-state index contributed by atoms with van der Waals surface area (Å²) in [4.78, 5) is 12.4. The minimum Gasteiger partial charge on any atom is -0.396 e. The first-order valence-electron chi connectivity index (χ1n) is 16.7. The maximum Gasteiger partial charge on any atom is 0.220 e. The van der Waals surface area contributed by atoms with Gasteiger partial charge in [-0.2, -0.15) is 0 Å². The van der Waals surface area contributed by atoms with Crippen molar-refractivity contribution in [1.29, 1.82) is 0 Å². The number of carbonyl (C=O) groups excluding carboxylic acids is 1. The molecule has 1 aliphatic heterocycles. The first-order valence-corrected chi connectivity index (χ1v) is 16.7. The van der Waals surface area contributed by atoms with Crippen LogP contribution in [0.5, 0.6) is 0 Å². The molecule has 0 radical (unpaired) electrons. The van der Waals surface area contributed by atoms with Crippen LogP contribution in [-0.2, 0) is 19.0 Å². The molecule has 5 atom stereocenters. The molecular formula is C32H63NO9. The Morgan fingerprint density at radius 1 is 0.738 bits per heavy atom. The van der Waals surface area contributed by atoms with Crippen molar-refractivity contribution in [3.8, 4) is 0 Å². The third kappa shape index (κ3) is 15.7. The molecule has 1 fully saturated rings. The van der Waals surface area contributed by atoms with Gasteiger partial charge in [0.05, 0.1) is 38.4 Å². The van der Waals surface area contributed by atoms with Crippen LogP contribution >= 0.6 is 0 Å². The van der Waals surface area contributed by atoms with E-state index in [0.29, 0.717) is 19.4 Å². The number of aliphatic hydroxyl groups excluding tert-OH is 5. The molecule has 250 valence electrons. The number of hydrogen-bond donors (Lipinski definition) is 6. The number of amides is 1. The zero-order valence-corrected chi connectivity index (χ0v) is 26.5. The summed E-state index contributed by atoms with van der Waals surface area (Å²) in [7, 11) is 0. The van der Waals surface area contributed by atoms with Gasteiger partial charge in [-0.15, -0.1) is 0 Å². The van der Waals surface area contributed by atoms with E-state index in [1.165, 1.54) is 70.6 Å². The van der Waals surface area contributed by atoms with Crippen molar-refractivity contribution in [2.45, 2.75) is 154 Å². The van der Waals surface area contributed by atoms with Crippen molar-refractivity contribution in [3.05, 3.63) is 0 Å². The molecule has 10 heteroatoms. The van der Waals surface area contributed by atoms with Crippen LogP contribution in [0.3, 0.4) is 0 Å². The van der Waals surface area contributed by atoms with Crippen LogP contribution in [0.1, 0.15) is 123 Å². The first kappa shape index (κ1) is 39.2. The summed E-state index contributed by atoms with van der Waals surface area (Å²) in [6.07, 6.45) is 14.8. The van der Waals surface area contributed by atoms with E-state index in [2.05, 4.69) is 12.2 Å². The van der Waals surface area contributed by atoms with E-state index < -0.39 is 55.9 Å². The predicted octanol–water partition coefficient (Wildman–Crippen LogP) is 3.59. The maximum absolute atomic E-state index is 12.4. The Kier molecular flexibility index (Phi) is 22.8. The summed E-state index contributed by atoms with van der Waals surface area (Å²) >= 11 is 0. The number of aliphatic hydroxyl groups is 5. The van der Waals surface area contributed by atoms with Gasteiger partial charge in [-0.05, 0) is 12.8 Å². The van der Waals surface area contributed by atoms with Crippen LogP contribution in [0.4, 0.5) is 0 Å². The van der Waals surface area contributed by atoms with Crippen LogP contribution in [0, 0.1) is 5.41 Å². The molecule has 1 amide bonds. The summed E-state index contributed by atoms with van der Waals surface area (Å²) in [6, 6.07) is -0.932. The maximum atomic E-state index is 12.4. The molecule has 42 heavy (non-hydrogen) atoms. The predicted molar refractivity (Wildman–Crippen MR) is 163 cm³/mol. The van der Waals surface area contributed by atoms with Gasteiger partial charge in [-0.3, -0.25) is 4.79 Å². The highest BCUT2D eigenvalue weighted by atomic mass is 16.7. The smallest absolute Gasteiger partial charge is 0.220 e. The highest BCUT2D eigenvalue weighted by Crippen LogP contribution is 2.24. The summed E-state index contributed by atoms with van der Waals surface area (Å²) in [5, 5.41) is 52.9. The monoisotopic (exact) mass is 605 g/mol. The van der Waals surface area contributed by atoms with Gasteiger partial charge in [0.15, 0.2) is 6.29 Å². The SMILES string of the molecule is CCCCCCCCCCCCCCCCO[C@H]1O[C@H](COCC(CO)(CO)CO)[C@@H](O)[C@H](O)[C@H]1NC(=O)CCCC. The summed E-state index contributed by atoms with van der Waals surface area (Å²) < 4.78 is 17.5. The number of nitrogens with one attached hydrogen (secondary N) is 1. The molecule has 0 unspecified atom stereocenters. The summed E-state index contributed by atoms with van der Waals surface area (Å²) in [6.45, 7) is 2.87. The van der Waals surface area contributed by atoms with E-state index in [9.17, 15) is 30.3 Å². The zero-order valence-electron chi connectivity index (χ0n) is 26.5. The molecule has 1 heterocycles. The lowest BCUT2D eigenvalue weighted by Gasteiger charge is -2.43.